The van der Waals surface area contributed by atoms with Crippen LogP contribution in [0.25, 0.3) is 10.2 Å². The van der Waals surface area contributed by atoms with Gasteiger partial charge in [0.05, 0.1) is 15.1 Å². The summed E-state index contributed by atoms with van der Waals surface area (Å²) in [5.41, 5.74) is 0.850. The van der Waals surface area contributed by atoms with Crippen molar-refractivity contribution in [2.75, 3.05) is 13.3 Å². The Morgan fingerprint density at radius 2 is 2.19 bits per heavy atom. The number of sulfone groups is 1. The number of aromatic nitrogens is 1. The summed E-state index contributed by atoms with van der Waals surface area (Å²) in [6, 6.07) is 5.03. The summed E-state index contributed by atoms with van der Waals surface area (Å²) in [6.45, 7) is 0.702. The van der Waals surface area contributed by atoms with E-state index in [1.165, 1.54) is 17.6 Å². The fourth-order valence-electron chi connectivity index (χ4n) is 1.41. The minimum Gasteiger partial charge on any atom is -0.314 e. The van der Waals surface area contributed by atoms with Crippen LogP contribution >= 0.6 is 11.3 Å². The Hall–Kier alpha value is -0.980. The summed E-state index contributed by atoms with van der Waals surface area (Å²) in [7, 11) is -1.28. The highest BCUT2D eigenvalue weighted by Gasteiger charge is 2.10. The molecular weight excluding hydrogens is 244 g/mol. The summed E-state index contributed by atoms with van der Waals surface area (Å²) < 4.78 is 23.7. The Balaban J connectivity index is 2.54. The van der Waals surface area contributed by atoms with E-state index >= 15 is 0 Å². The molecule has 0 aliphatic heterocycles. The van der Waals surface area contributed by atoms with Crippen LogP contribution in [0.15, 0.2) is 23.1 Å². The van der Waals surface area contributed by atoms with Gasteiger partial charge in [0.25, 0.3) is 0 Å². The Labute approximate surface area is 98.2 Å². The standard InChI is InChI=1S/C10H12N2O2S2/c1-11-6-10-12-8-4-3-7(16(2,13)14)5-9(8)15-10/h3-5,11H,6H2,1-2H3. The summed E-state index contributed by atoms with van der Waals surface area (Å²) >= 11 is 1.51. The lowest BCUT2D eigenvalue weighted by atomic mass is 10.3. The number of benzene rings is 1. The summed E-state index contributed by atoms with van der Waals surface area (Å²) in [5, 5.41) is 3.98. The highest BCUT2D eigenvalue weighted by molar-refractivity contribution is 7.90. The average Bonchev–Trinajstić information content (AvgIpc) is 2.57. The van der Waals surface area contributed by atoms with Gasteiger partial charge in [-0.05, 0) is 25.2 Å². The van der Waals surface area contributed by atoms with Crippen molar-refractivity contribution in [2.45, 2.75) is 11.4 Å². The molecule has 16 heavy (non-hydrogen) atoms. The zero-order valence-corrected chi connectivity index (χ0v) is 10.7. The van der Waals surface area contributed by atoms with Crippen LogP contribution < -0.4 is 5.32 Å². The highest BCUT2D eigenvalue weighted by atomic mass is 32.2. The molecule has 2 rings (SSSR count). The molecule has 1 heterocycles. The van der Waals surface area contributed by atoms with Gasteiger partial charge in [0.1, 0.15) is 5.01 Å². The first-order chi connectivity index (χ1) is 7.50. The van der Waals surface area contributed by atoms with Crippen molar-refractivity contribution in [1.29, 1.82) is 0 Å². The van der Waals surface area contributed by atoms with Crippen LogP contribution in [-0.4, -0.2) is 26.7 Å². The zero-order chi connectivity index (χ0) is 11.8. The molecule has 0 aliphatic rings. The van der Waals surface area contributed by atoms with Gasteiger partial charge in [0, 0.05) is 12.8 Å². The van der Waals surface area contributed by atoms with Crippen LogP contribution in [0.3, 0.4) is 0 Å². The molecule has 0 saturated heterocycles. The van der Waals surface area contributed by atoms with Gasteiger partial charge in [-0.3, -0.25) is 0 Å². The van der Waals surface area contributed by atoms with Gasteiger partial charge >= 0.3 is 0 Å². The number of nitrogens with zero attached hydrogens (tertiary/aromatic N) is 1. The minimum absolute atomic E-state index is 0.347. The van der Waals surface area contributed by atoms with E-state index in [0.29, 0.717) is 11.4 Å². The molecule has 4 nitrogen and oxygen atoms in total. The smallest absolute Gasteiger partial charge is 0.175 e. The lowest BCUT2D eigenvalue weighted by Crippen LogP contribution is -2.03. The molecule has 0 unspecified atom stereocenters. The number of fused-ring (bicyclic) bond motifs is 1. The molecule has 6 heteroatoms. The third-order valence-corrected chi connectivity index (χ3v) is 4.29. The van der Waals surface area contributed by atoms with Crippen LogP contribution in [0.4, 0.5) is 0 Å². The molecule has 0 saturated carbocycles. The van der Waals surface area contributed by atoms with Gasteiger partial charge in [-0.25, -0.2) is 13.4 Å². The first-order valence-corrected chi connectivity index (χ1v) is 7.45. The van der Waals surface area contributed by atoms with Gasteiger partial charge < -0.3 is 5.32 Å². The second kappa shape index (κ2) is 4.12. The lowest BCUT2D eigenvalue weighted by molar-refractivity contribution is 0.602. The zero-order valence-electron chi connectivity index (χ0n) is 9.02. The van der Waals surface area contributed by atoms with Crippen LogP contribution in [0, 0.1) is 0 Å². The maximum Gasteiger partial charge on any atom is 0.175 e. The molecule has 2 aromatic rings. The van der Waals surface area contributed by atoms with Crippen LogP contribution in [0.1, 0.15) is 5.01 Å². The maximum atomic E-state index is 11.4. The van der Waals surface area contributed by atoms with E-state index in [1.807, 2.05) is 7.05 Å². The number of hydrogen-bond acceptors (Lipinski definition) is 5. The number of hydrogen-bond donors (Lipinski definition) is 1. The molecule has 1 N–H and O–H groups in total. The van der Waals surface area contributed by atoms with E-state index in [-0.39, 0.29) is 0 Å². The lowest BCUT2D eigenvalue weighted by Gasteiger charge is -1.96. The largest absolute Gasteiger partial charge is 0.314 e. The van der Waals surface area contributed by atoms with Gasteiger partial charge in [-0.1, -0.05) is 0 Å². The molecular formula is C10H12N2O2S2. The SMILES string of the molecule is CNCc1nc2ccc(S(C)(=O)=O)cc2s1. The molecule has 0 radical (unpaired) electrons. The third kappa shape index (κ3) is 2.23. The molecule has 1 aromatic heterocycles. The average molecular weight is 256 g/mol. The summed E-state index contributed by atoms with van der Waals surface area (Å²) in [6.07, 6.45) is 1.21. The molecule has 0 spiro atoms. The fraction of sp³-hybridized carbons (Fsp3) is 0.300. The van der Waals surface area contributed by atoms with Crippen molar-refractivity contribution in [3.63, 3.8) is 0 Å². The van der Waals surface area contributed by atoms with Gasteiger partial charge in [-0.15, -0.1) is 11.3 Å². The van der Waals surface area contributed by atoms with Crippen LogP contribution in [-0.2, 0) is 16.4 Å². The Morgan fingerprint density at radius 1 is 1.44 bits per heavy atom. The fourth-order valence-corrected chi connectivity index (χ4v) is 3.15. The molecule has 0 amide bonds. The molecule has 86 valence electrons. The summed E-state index contributed by atoms with van der Waals surface area (Å²) in [5.74, 6) is 0. The molecule has 0 fully saturated rings. The minimum atomic E-state index is -3.13. The molecule has 0 aliphatic carbocycles. The highest BCUT2D eigenvalue weighted by Crippen LogP contribution is 2.24. The Morgan fingerprint density at radius 3 is 2.81 bits per heavy atom. The van der Waals surface area contributed by atoms with E-state index < -0.39 is 9.84 Å². The number of thiazole rings is 1. The number of rotatable bonds is 3. The predicted octanol–water partition coefficient (Wildman–Crippen LogP) is 1.42. The maximum absolute atomic E-state index is 11.4. The predicted molar refractivity (Wildman–Crippen MR) is 65.5 cm³/mol. The Kier molecular flexibility index (Phi) is 2.96. The van der Waals surface area contributed by atoms with Crippen LogP contribution in [0.5, 0.6) is 0 Å². The first-order valence-electron chi connectivity index (χ1n) is 4.75. The van der Waals surface area contributed by atoms with E-state index in [1.54, 1.807) is 18.2 Å². The normalized spacial score (nSPS) is 12.1. The van der Waals surface area contributed by atoms with E-state index in [4.69, 9.17) is 0 Å². The van der Waals surface area contributed by atoms with Gasteiger partial charge in [0.2, 0.25) is 0 Å². The monoisotopic (exact) mass is 256 g/mol. The quantitative estimate of drug-likeness (QED) is 0.902. The van der Waals surface area contributed by atoms with Gasteiger partial charge in [-0.2, -0.15) is 0 Å². The van der Waals surface area contributed by atoms with E-state index in [2.05, 4.69) is 10.3 Å². The van der Waals surface area contributed by atoms with Crippen molar-refractivity contribution in [3.8, 4) is 0 Å². The Bertz CT molecular complexity index is 617. The molecule has 0 atom stereocenters. The van der Waals surface area contributed by atoms with Crippen molar-refractivity contribution < 1.29 is 8.42 Å². The van der Waals surface area contributed by atoms with Gasteiger partial charge in [0.15, 0.2) is 9.84 Å². The van der Waals surface area contributed by atoms with Crippen molar-refractivity contribution >= 4 is 31.4 Å². The van der Waals surface area contributed by atoms with E-state index in [9.17, 15) is 8.42 Å². The molecule has 1 aromatic carbocycles. The van der Waals surface area contributed by atoms with Crippen molar-refractivity contribution in [1.82, 2.24) is 10.3 Å². The number of nitrogens with one attached hydrogen (secondary N) is 1. The molecule has 0 bridgehead atoms. The topological polar surface area (TPSA) is 59.1 Å². The first kappa shape index (κ1) is 11.5. The van der Waals surface area contributed by atoms with Crippen molar-refractivity contribution in [2.24, 2.45) is 0 Å². The van der Waals surface area contributed by atoms with Crippen molar-refractivity contribution in [3.05, 3.63) is 23.2 Å². The second-order valence-electron chi connectivity index (χ2n) is 3.54. The third-order valence-electron chi connectivity index (χ3n) is 2.16. The van der Waals surface area contributed by atoms with E-state index in [0.717, 1.165) is 15.2 Å². The summed E-state index contributed by atoms with van der Waals surface area (Å²) in [4.78, 5) is 4.73. The van der Waals surface area contributed by atoms with Crippen LogP contribution in [0.2, 0.25) is 0 Å². The second-order valence-corrected chi connectivity index (χ2v) is 6.67.